The van der Waals surface area contributed by atoms with Crippen LogP contribution in [0.15, 0.2) is 70.2 Å². The lowest BCUT2D eigenvalue weighted by Crippen LogP contribution is -2.31. The number of hydrogen-bond donors (Lipinski definition) is 0. The van der Waals surface area contributed by atoms with Gasteiger partial charge in [0.05, 0.1) is 29.5 Å². The van der Waals surface area contributed by atoms with Crippen molar-refractivity contribution >= 4 is 22.5 Å². The van der Waals surface area contributed by atoms with Crippen molar-refractivity contribution in [1.29, 1.82) is 0 Å². The fraction of sp³-hybridized carbons (Fsp3) is 0.250. The summed E-state index contributed by atoms with van der Waals surface area (Å²) in [6, 6.07) is 16.8. The average molecular weight is 416 g/mol. The number of aromatic nitrogens is 3. The third-order valence-electron chi connectivity index (χ3n) is 5.39. The summed E-state index contributed by atoms with van der Waals surface area (Å²) in [6.07, 6.45) is 2.38. The summed E-state index contributed by atoms with van der Waals surface area (Å²) in [6.45, 7) is 4.54. The first-order valence-electron chi connectivity index (χ1n) is 10.3. The van der Waals surface area contributed by atoms with Gasteiger partial charge in [0.1, 0.15) is 5.76 Å². The molecule has 0 spiro atoms. The molecule has 0 atom stereocenters. The summed E-state index contributed by atoms with van der Waals surface area (Å²) in [5.74, 6) is 0.688. The summed E-state index contributed by atoms with van der Waals surface area (Å²) in [4.78, 5) is 31.9. The molecule has 4 rings (SSSR count). The fourth-order valence-corrected chi connectivity index (χ4v) is 3.62. The van der Waals surface area contributed by atoms with Crippen LogP contribution in [0.2, 0.25) is 0 Å². The molecule has 0 radical (unpaired) electrons. The number of anilines is 1. The van der Waals surface area contributed by atoms with Gasteiger partial charge in [-0.2, -0.15) is 0 Å². The van der Waals surface area contributed by atoms with Gasteiger partial charge in [-0.05, 0) is 44.5 Å². The lowest BCUT2D eigenvalue weighted by Gasteiger charge is -2.23. The van der Waals surface area contributed by atoms with Crippen LogP contribution in [-0.4, -0.2) is 20.6 Å². The zero-order valence-corrected chi connectivity index (χ0v) is 17.6. The van der Waals surface area contributed by atoms with E-state index < -0.39 is 0 Å². The van der Waals surface area contributed by atoms with Crippen molar-refractivity contribution in [3.05, 3.63) is 88.3 Å². The molecule has 4 aromatic rings. The van der Waals surface area contributed by atoms with Gasteiger partial charge in [-0.25, -0.2) is 4.98 Å². The second-order valence-electron chi connectivity index (χ2n) is 7.48. The van der Waals surface area contributed by atoms with E-state index >= 15 is 0 Å². The summed E-state index contributed by atoms with van der Waals surface area (Å²) < 4.78 is 6.83. The molecule has 2 aromatic heterocycles. The minimum Gasteiger partial charge on any atom is -0.361 e. The second-order valence-corrected chi connectivity index (χ2v) is 7.48. The van der Waals surface area contributed by atoms with E-state index in [2.05, 4.69) is 10.1 Å². The van der Waals surface area contributed by atoms with E-state index in [4.69, 9.17) is 4.52 Å². The molecule has 7 nitrogen and oxygen atoms in total. The number of carbonyl (C=O) groups excluding carboxylic acids is 1. The molecular formula is C24H24N4O3. The van der Waals surface area contributed by atoms with Gasteiger partial charge in [0.15, 0.2) is 0 Å². The number of para-hydroxylation sites is 2. The number of amides is 1. The molecule has 0 saturated heterocycles. The molecule has 0 unspecified atom stereocenters. The predicted molar refractivity (Wildman–Crippen MR) is 119 cm³/mol. The maximum absolute atomic E-state index is 13.2. The normalized spacial score (nSPS) is 11.0. The Balaban J connectivity index is 1.49. The van der Waals surface area contributed by atoms with Crippen molar-refractivity contribution in [2.45, 2.75) is 39.8 Å². The molecule has 31 heavy (non-hydrogen) atoms. The zero-order chi connectivity index (χ0) is 21.8. The summed E-state index contributed by atoms with van der Waals surface area (Å²) >= 11 is 0. The first kappa shape index (κ1) is 20.5. The third-order valence-corrected chi connectivity index (χ3v) is 5.39. The maximum Gasteiger partial charge on any atom is 0.261 e. The van der Waals surface area contributed by atoms with Crippen LogP contribution in [0.4, 0.5) is 5.69 Å². The molecule has 0 bridgehead atoms. The number of carbonyl (C=O) groups is 1. The van der Waals surface area contributed by atoms with Crippen LogP contribution in [0.3, 0.4) is 0 Å². The number of fused-ring (bicyclic) bond motifs is 1. The second kappa shape index (κ2) is 8.95. The Morgan fingerprint density at radius 1 is 1.06 bits per heavy atom. The first-order valence-corrected chi connectivity index (χ1v) is 10.3. The number of rotatable bonds is 7. The van der Waals surface area contributed by atoms with Crippen LogP contribution < -0.4 is 10.5 Å². The number of hydrogen-bond acceptors (Lipinski definition) is 5. The highest BCUT2D eigenvalue weighted by atomic mass is 16.5. The summed E-state index contributed by atoms with van der Waals surface area (Å²) in [7, 11) is 0. The Morgan fingerprint density at radius 3 is 2.55 bits per heavy atom. The van der Waals surface area contributed by atoms with E-state index in [1.807, 2.05) is 62.4 Å². The summed E-state index contributed by atoms with van der Waals surface area (Å²) in [5, 5.41) is 4.58. The maximum atomic E-state index is 13.2. The molecule has 2 heterocycles. The van der Waals surface area contributed by atoms with Gasteiger partial charge in [-0.3, -0.25) is 14.2 Å². The molecule has 0 aliphatic carbocycles. The number of nitrogens with zero attached hydrogens (tertiary/aromatic N) is 4. The van der Waals surface area contributed by atoms with E-state index in [1.165, 1.54) is 0 Å². The molecule has 158 valence electrons. The van der Waals surface area contributed by atoms with Gasteiger partial charge in [-0.1, -0.05) is 35.5 Å². The molecule has 1 amide bonds. The Morgan fingerprint density at radius 2 is 1.81 bits per heavy atom. The highest BCUT2D eigenvalue weighted by molar-refractivity contribution is 5.93. The lowest BCUT2D eigenvalue weighted by molar-refractivity contribution is -0.118. The minimum absolute atomic E-state index is 0.0204. The topological polar surface area (TPSA) is 81.2 Å². The van der Waals surface area contributed by atoms with Gasteiger partial charge < -0.3 is 9.42 Å². The van der Waals surface area contributed by atoms with E-state index in [1.54, 1.807) is 21.9 Å². The molecule has 0 saturated carbocycles. The van der Waals surface area contributed by atoms with Crippen LogP contribution >= 0.6 is 0 Å². The highest BCUT2D eigenvalue weighted by Gasteiger charge is 2.20. The van der Waals surface area contributed by atoms with Crippen molar-refractivity contribution < 1.29 is 9.32 Å². The van der Waals surface area contributed by atoms with E-state index in [0.29, 0.717) is 42.6 Å². The standard InChI is InChI=1S/C24H24N4O3/c1-17-21(18(2)31-26-17)15-28(19-9-4-3-5-10-19)23(29)13-8-14-27-16-25-22-12-7-6-11-20(22)24(27)30/h3-7,9-12,16H,8,13-15H2,1-2H3. The molecular weight excluding hydrogens is 392 g/mol. The molecule has 2 aromatic carbocycles. The Kier molecular flexibility index (Phi) is 5.93. The first-order chi connectivity index (χ1) is 15.0. The Hall–Kier alpha value is -3.74. The van der Waals surface area contributed by atoms with Crippen LogP contribution in [0, 0.1) is 13.8 Å². The molecule has 0 aliphatic heterocycles. The molecule has 0 fully saturated rings. The van der Waals surface area contributed by atoms with E-state index in [9.17, 15) is 9.59 Å². The van der Waals surface area contributed by atoms with Gasteiger partial charge in [-0.15, -0.1) is 0 Å². The van der Waals surface area contributed by atoms with Crippen molar-refractivity contribution in [2.24, 2.45) is 0 Å². The predicted octanol–water partition coefficient (Wildman–Crippen LogP) is 4.01. The fourth-order valence-electron chi connectivity index (χ4n) is 3.62. The van der Waals surface area contributed by atoms with Crippen molar-refractivity contribution in [1.82, 2.24) is 14.7 Å². The van der Waals surface area contributed by atoms with Gasteiger partial charge in [0, 0.05) is 24.2 Å². The van der Waals surface area contributed by atoms with Crippen LogP contribution in [0.1, 0.15) is 29.9 Å². The third kappa shape index (κ3) is 4.40. The van der Waals surface area contributed by atoms with Crippen LogP contribution in [0.25, 0.3) is 10.9 Å². The van der Waals surface area contributed by atoms with E-state index in [-0.39, 0.29) is 11.5 Å². The molecule has 0 aliphatic rings. The molecule has 7 heteroatoms. The van der Waals surface area contributed by atoms with Crippen LogP contribution in [0.5, 0.6) is 0 Å². The van der Waals surface area contributed by atoms with Gasteiger partial charge >= 0.3 is 0 Å². The minimum atomic E-state index is -0.0892. The zero-order valence-electron chi connectivity index (χ0n) is 17.6. The monoisotopic (exact) mass is 416 g/mol. The summed E-state index contributed by atoms with van der Waals surface area (Å²) in [5.41, 5.74) is 3.09. The van der Waals surface area contributed by atoms with Gasteiger partial charge in [0.25, 0.3) is 5.56 Å². The van der Waals surface area contributed by atoms with Crippen molar-refractivity contribution in [2.75, 3.05) is 4.90 Å². The van der Waals surface area contributed by atoms with Crippen molar-refractivity contribution in [3.8, 4) is 0 Å². The van der Waals surface area contributed by atoms with Crippen LogP contribution in [-0.2, 0) is 17.9 Å². The lowest BCUT2D eigenvalue weighted by atomic mass is 10.1. The quantitative estimate of drug-likeness (QED) is 0.455. The SMILES string of the molecule is Cc1noc(C)c1CN(C(=O)CCCn1cnc2ccccc2c1=O)c1ccccc1. The van der Waals surface area contributed by atoms with Gasteiger partial charge in [0.2, 0.25) is 5.91 Å². The van der Waals surface area contributed by atoms with E-state index in [0.717, 1.165) is 16.9 Å². The largest absolute Gasteiger partial charge is 0.361 e. The molecule has 0 N–H and O–H groups in total. The smallest absolute Gasteiger partial charge is 0.261 e. The Labute approximate surface area is 179 Å². The Bertz CT molecular complexity index is 1240. The highest BCUT2D eigenvalue weighted by Crippen LogP contribution is 2.22. The number of aryl methyl sites for hydroxylation is 3. The number of benzene rings is 2. The van der Waals surface area contributed by atoms with Crippen molar-refractivity contribution in [3.63, 3.8) is 0 Å². The average Bonchev–Trinajstić information content (AvgIpc) is 3.11.